The first-order valence-corrected chi connectivity index (χ1v) is 7.99. The van der Waals surface area contributed by atoms with Crippen molar-refractivity contribution < 1.29 is 4.79 Å². The smallest absolute Gasteiger partial charge is 0.257 e. The number of piperidine rings is 1. The van der Waals surface area contributed by atoms with E-state index in [1.54, 1.807) is 12.3 Å². The molecule has 3 N–H and O–H groups in total. The average Bonchev–Trinajstić information content (AvgIpc) is 2.57. The average molecular weight is 310 g/mol. The predicted molar refractivity (Wildman–Crippen MR) is 93.7 cm³/mol. The first-order chi connectivity index (χ1) is 11.1. The molecule has 1 amide bonds. The predicted octanol–water partition coefficient (Wildman–Crippen LogP) is 3.15. The molecule has 0 aliphatic carbocycles. The molecule has 0 radical (unpaired) electrons. The molecule has 1 saturated heterocycles. The summed E-state index contributed by atoms with van der Waals surface area (Å²) in [6.45, 7) is 4.50. The van der Waals surface area contributed by atoms with Gasteiger partial charge in [-0.15, -0.1) is 0 Å². The first-order valence-electron chi connectivity index (χ1n) is 7.99. The quantitative estimate of drug-likeness (QED) is 0.913. The van der Waals surface area contributed by atoms with Gasteiger partial charge < -0.3 is 16.0 Å². The fourth-order valence-electron chi connectivity index (χ4n) is 2.83. The minimum Gasteiger partial charge on any atom is -0.397 e. The number of carbonyl (C=O) groups excluding carboxylic acids is 1. The van der Waals surface area contributed by atoms with Gasteiger partial charge in [0.1, 0.15) is 0 Å². The van der Waals surface area contributed by atoms with Crippen LogP contribution in [0.3, 0.4) is 0 Å². The molecule has 0 spiro atoms. The summed E-state index contributed by atoms with van der Waals surface area (Å²) in [5.41, 5.74) is 8.57. The highest BCUT2D eigenvalue weighted by atomic mass is 16.1. The molecule has 5 heteroatoms. The Labute approximate surface area is 136 Å². The summed E-state index contributed by atoms with van der Waals surface area (Å²) in [5.74, 6) is 0.597. The second kappa shape index (κ2) is 6.69. The van der Waals surface area contributed by atoms with Crippen LogP contribution in [-0.4, -0.2) is 24.0 Å². The van der Waals surface area contributed by atoms with Crippen LogP contribution < -0.4 is 16.0 Å². The second-order valence-electron chi connectivity index (χ2n) is 6.13. The van der Waals surface area contributed by atoms with Gasteiger partial charge in [-0.3, -0.25) is 9.78 Å². The minimum absolute atomic E-state index is 0.218. The zero-order valence-electron chi connectivity index (χ0n) is 13.3. The summed E-state index contributed by atoms with van der Waals surface area (Å²) in [5, 5.41) is 2.87. The molecule has 0 atom stereocenters. The molecule has 0 bridgehead atoms. The normalized spacial score (nSPS) is 15.4. The summed E-state index contributed by atoms with van der Waals surface area (Å²) in [4.78, 5) is 18.5. The van der Waals surface area contributed by atoms with E-state index in [1.807, 2.05) is 12.1 Å². The Bertz CT molecular complexity index is 676. The molecule has 120 valence electrons. The number of nitrogens with two attached hydrogens (primary N) is 1. The van der Waals surface area contributed by atoms with Crippen molar-refractivity contribution in [1.29, 1.82) is 0 Å². The van der Waals surface area contributed by atoms with Gasteiger partial charge in [0, 0.05) is 30.7 Å². The van der Waals surface area contributed by atoms with Crippen LogP contribution in [0.15, 0.2) is 42.7 Å². The third-order valence-electron chi connectivity index (χ3n) is 4.37. The number of hydrogen-bond donors (Lipinski definition) is 2. The van der Waals surface area contributed by atoms with Crippen molar-refractivity contribution in [3.8, 4) is 0 Å². The lowest BCUT2D eigenvalue weighted by atomic mass is 9.99. The zero-order chi connectivity index (χ0) is 16.2. The molecule has 1 aliphatic heterocycles. The Hall–Kier alpha value is -2.56. The monoisotopic (exact) mass is 310 g/mol. The van der Waals surface area contributed by atoms with Crippen LogP contribution in [0.1, 0.15) is 30.1 Å². The van der Waals surface area contributed by atoms with Gasteiger partial charge in [-0.05, 0) is 49.1 Å². The van der Waals surface area contributed by atoms with Gasteiger partial charge in [-0.2, -0.15) is 0 Å². The Kier molecular flexibility index (Phi) is 4.46. The van der Waals surface area contributed by atoms with E-state index >= 15 is 0 Å². The van der Waals surface area contributed by atoms with E-state index in [-0.39, 0.29) is 5.91 Å². The molecule has 3 rings (SSSR count). The summed E-state index contributed by atoms with van der Waals surface area (Å²) in [7, 11) is 0. The number of aromatic nitrogens is 1. The van der Waals surface area contributed by atoms with Crippen molar-refractivity contribution in [2.24, 2.45) is 5.92 Å². The van der Waals surface area contributed by atoms with E-state index < -0.39 is 0 Å². The molecule has 1 aromatic carbocycles. The summed E-state index contributed by atoms with van der Waals surface area (Å²) in [6.07, 6.45) is 5.51. The minimum atomic E-state index is -0.218. The number of benzene rings is 1. The fourth-order valence-corrected chi connectivity index (χ4v) is 2.83. The van der Waals surface area contributed by atoms with Gasteiger partial charge in [-0.25, -0.2) is 0 Å². The molecule has 1 fully saturated rings. The van der Waals surface area contributed by atoms with Gasteiger partial charge >= 0.3 is 0 Å². The Morgan fingerprint density at radius 3 is 2.57 bits per heavy atom. The Morgan fingerprint density at radius 2 is 1.91 bits per heavy atom. The number of rotatable bonds is 3. The van der Waals surface area contributed by atoms with E-state index in [2.05, 4.69) is 34.3 Å². The topological polar surface area (TPSA) is 71.2 Å². The number of nitrogens with one attached hydrogen (secondary N) is 1. The summed E-state index contributed by atoms with van der Waals surface area (Å²) < 4.78 is 0. The molecular weight excluding hydrogens is 288 g/mol. The zero-order valence-corrected chi connectivity index (χ0v) is 13.3. The molecule has 2 heterocycles. The number of hydrogen-bond acceptors (Lipinski definition) is 4. The van der Waals surface area contributed by atoms with E-state index in [9.17, 15) is 4.79 Å². The standard InChI is InChI=1S/C18H22N4O/c1-13-7-10-22(11-8-13)15-4-2-14(3-5-15)21-18(23)16-6-9-20-12-17(16)19/h2-6,9,12-13H,7-8,10-11,19H2,1H3,(H,21,23). The maximum absolute atomic E-state index is 12.2. The van der Waals surface area contributed by atoms with Crippen molar-refractivity contribution >= 4 is 23.0 Å². The number of anilines is 3. The lowest BCUT2D eigenvalue weighted by Crippen LogP contribution is -2.32. The van der Waals surface area contributed by atoms with Gasteiger partial charge in [0.15, 0.2) is 0 Å². The highest BCUT2D eigenvalue weighted by Gasteiger charge is 2.16. The lowest BCUT2D eigenvalue weighted by molar-refractivity contribution is 0.102. The number of carbonyl (C=O) groups is 1. The molecule has 5 nitrogen and oxygen atoms in total. The molecule has 1 aliphatic rings. The molecular formula is C18H22N4O. The third-order valence-corrected chi connectivity index (χ3v) is 4.37. The Morgan fingerprint density at radius 1 is 1.22 bits per heavy atom. The van der Waals surface area contributed by atoms with Gasteiger partial charge in [-0.1, -0.05) is 6.92 Å². The van der Waals surface area contributed by atoms with Crippen LogP contribution in [-0.2, 0) is 0 Å². The van der Waals surface area contributed by atoms with Crippen molar-refractivity contribution in [1.82, 2.24) is 4.98 Å². The fraction of sp³-hybridized carbons (Fsp3) is 0.333. The van der Waals surface area contributed by atoms with Crippen LogP contribution in [0.2, 0.25) is 0 Å². The molecule has 1 aromatic heterocycles. The van der Waals surface area contributed by atoms with Crippen LogP contribution >= 0.6 is 0 Å². The number of amides is 1. The highest BCUT2D eigenvalue weighted by molar-refractivity contribution is 6.07. The first kappa shape index (κ1) is 15.3. The number of nitrogens with zero attached hydrogens (tertiary/aromatic N) is 2. The number of nitrogen functional groups attached to an aromatic ring is 1. The molecule has 0 saturated carbocycles. The number of pyridine rings is 1. The SMILES string of the molecule is CC1CCN(c2ccc(NC(=O)c3ccncc3N)cc2)CC1. The maximum atomic E-state index is 12.2. The lowest BCUT2D eigenvalue weighted by Gasteiger charge is -2.32. The van der Waals surface area contributed by atoms with Gasteiger partial charge in [0.25, 0.3) is 5.91 Å². The van der Waals surface area contributed by atoms with E-state index in [4.69, 9.17) is 5.73 Å². The van der Waals surface area contributed by atoms with Gasteiger partial charge in [0.05, 0.1) is 17.4 Å². The van der Waals surface area contributed by atoms with Crippen LogP contribution in [0.4, 0.5) is 17.1 Å². The molecule has 2 aromatic rings. The van der Waals surface area contributed by atoms with Crippen LogP contribution in [0.25, 0.3) is 0 Å². The second-order valence-corrected chi connectivity index (χ2v) is 6.13. The summed E-state index contributed by atoms with van der Waals surface area (Å²) >= 11 is 0. The maximum Gasteiger partial charge on any atom is 0.257 e. The molecule has 0 unspecified atom stereocenters. The van der Waals surface area contributed by atoms with Crippen molar-refractivity contribution in [2.45, 2.75) is 19.8 Å². The van der Waals surface area contributed by atoms with Crippen LogP contribution in [0.5, 0.6) is 0 Å². The largest absolute Gasteiger partial charge is 0.397 e. The van der Waals surface area contributed by atoms with Gasteiger partial charge in [0.2, 0.25) is 0 Å². The van der Waals surface area contributed by atoms with E-state index in [0.717, 1.165) is 24.7 Å². The van der Waals surface area contributed by atoms with Crippen molar-refractivity contribution in [2.75, 3.05) is 29.0 Å². The Balaban J connectivity index is 1.66. The molecule has 23 heavy (non-hydrogen) atoms. The van der Waals surface area contributed by atoms with Crippen molar-refractivity contribution in [3.05, 3.63) is 48.3 Å². The van der Waals surface area contributed by atoms with Crippen LogP contribution in [0, 0.1) is 5.92 Å². The van der Waals surface area contributed by atoms with Crippen molar-refractivity contribution in [3.63, 3.8) is 0 Å². The highest BCUT2D eigenvalue weighted by Crippen LogP contribution is 2.24. The third kappa shape index (κ3) is 3.62. The van der Waals surface area contributed by atoms with E-state index in [1.165, 1.54) is 24.7 Å². The van der Waals surface area contributed by atoms with E-state index in [0.29, 0.717) is 11.3 Å². The summed E-state index contributed by atoms with van der Waals surface area (Å²) in [6, 6.07) is 9.60.